The summed E-state index contributed by atoms with van der Waals surface area (Å²) < 4.78 is 0.953. The first-order chi connectivity index (χ1) is 8.72. The summed E-state index contributed by atoms with van der Waals surface area (Å²) in [5.74, 6) is 0. The fourth-order valence-corrected chi connectivity index (χ4v) is 2.03. The van der Waals surface area contributed by atoms with Gasteiger partial charge in [0, 0.05) is 27.6 Å². The predicted molar refractivity (Wildman–Crippen MR) is 77.7 cm³/mol. The second kappa shape index (κ2) is 5.80. The summed E-state index contributed by atoms with van der Waals surface area (Å²) >= 11 is 3.41. The van der Waals surface area contributed by atoms with Gasteiger partial charge in [-0.2, -0.15) is 0 Å². The average Bonchev–Trinajstić information content (AvgIpc) is 2.39. The normalized spacial score (nSPS) is 10.1. The molecule has 0 aliphatic heterocycles. The van der Waals surface area contributed by atoms with Crippen LogP contribution in [0.15, 0.2) is 46.9 Å². The molecule has 18 heavy (non-hydrogen) atoms. The first-order valence-corrected chi connectivity index (χ1v) is 6.29. The standard InChI is InChI=1S/C14H13BrN2O/c15-12-5-4-11(8-16)14(7-12)17-13-3-1-2-10(6-13)9-18/h1-8,16-18H,9H2. The van der Waals surface area contributed by atoms with Crippen LogP contribution in [-0.4, -0.2) is 11.3 Å². The van der Waals surface area contributed by atoms with Crippen LogP contribution < -0.4 is 5.32 Å². The first-order valence-electron chi connectivity index (χ1n) is 5.50. The Labute approximate surface area is 114 Å². The number of anilines is 2. The molecular weight excluding hydrogens is 292 g/mol. The maximum atomic E-state index is 9.10. The van der Waals surface area contributed by atoms with E-state index in [1.54, 1.807) is 0 Å². The van der Waals surface area contributed by atoms with E-state index in [1.807, 2.05) is 42.5 Å². The highest BCUT2D eigenvalue weighted by Gasteiger charge is 2.02. The van der Waals surface area contributed by atoms with E-state index >= 15 is 0 Å². The third-order valence-corrected chi connectivity index (χ3v) is 3.05. The molecule has 0 heterocycles. The molecule has 92 valence electrons. The van der Waals surface area contributed by atoms with E-state index < -0.39 is 0 Å². The number of benzene rings is 2. The van der Waals surface area contributed by atoms with Crippen LogP contribution in [0.5, 0.6) is 0 Å². The van der Waals surface area contributed by atoms with Gasteiger partial charge in [0.1, 0.15) is 0 Å². The Bertz CT molecular complexity index is 569. The minimum absolute atomic E-state index is 0.0193. The summed E-state index contributed by atoms with van der Waals surface area (Å²) in [5.41, 5.74) is 3.41. The third-order valence-electron chi connectivity index (χ3n) is 2.56. The molecule has 4 heteroatoms. The Hall–Kier alpha value is -1.65. The Morgan fingerprint density at radius 2 is 2.06 bits per heavy atom. The molecule has 0 amide bonds. The maximum absolute atomic E-state index is 9.10. The van der Waals surface area contributed by atoms with Crippen LogP contribution in [0.3, 0.4) is 0 Å². The molecule has 0 fully saturated rings. The number of hydrogen-bond donors (Lipinski definition) is 3. The van der Waals surface area contributed by atoms with E-state index in [9.17, 15) is 0 Å². The van der Waals surface area contributed by atoms with Crippen LogP contribution >= 0.6 is 15.9 Å². The number of nitrogens with one attached hydrogen (secondary N) is 2. The molecule has 0 saturated carbocycles. The summed E-state index contributed by atoms with van der Waals surface area (Å²) in [5, 5.41) is 19.7. The van der Waals surface area contributed by atoms with Gasteiger partial charge < -0.3 is 15.8 Å². The van der Waals surface area contributed by atoms with Crippen molar-refractivity contribution in [1.29, 1.82) is 5.41 Å². The van der Waals surface area contributed by atoms with Gasteiger partial charge >= 0.3 is 0 Å². The van der Waals surface area contributed by atoms with Gasteiger partial charge in [-0.25, -0.2) is 0 Å². The zero-order valence-electron chi connectivity index (χ0n) is 9.65. The summed E-state index contributed by atoms with van der Waals surface area (Å²) in [6.45, 7) is 0.0193. The second-order valence-electron chi connectivity index (χ2n) is 3.86. The molecule has 0 bridgehead atoms. The monoisotopic (exact) mass is 304 g/mol. The smallest absolute Gasteiger partial charge is 0.0682 e. The fraction of sp³-hybridized carbons (Fsp3) is 0.0714. The van der Waals surface area contributed by atoms with Crippen LogP contribution in [0.25, 0.3) is 0 Å². The van der Waals surface area contributed by atoms with Crippen molar-refractivity contribution in [2.75, 3.05) is 5.32 Å². The van der Waals surface area contributed by atoms with Gasteiger partial charge in [0.05, 0.1) is 6.61 Å². The molecule has 3 nitrogen and oxygen atoms in total. The molecule has 0 aromatic heterocycles. The second-order valence-corrected chi connectivity index (χ2v) is 4.78. The van der Waals surface area contributed by atoms with E-state index in [-0.39, 0.29) is 6.61 Å². The van der Waals surface area contributed by atoms with E-state index in [4.69, 9.17) is 10.5 Å². The van der Waals surface area contributed by atoms with Crippen LogP contribution in [0, 0.1) is 5.41 Å². The lowest BCUT2D eigenvalue weighted by Gasteiger charge is -2.10. The molecule has 0 unspecified atom stereocenters. The van der Waals surface area contributed by atoms with Gasteiger partial charge in [-0.05, 0) is 29.8 Å². The van der Waals surface area contributed by atoms with Crippen molar-refractivity contribution in [3.05, 3.63) is 58.1 Å². The van der Waals surface area contributed by atoms with Gasteiger partial charge in [-0.1, -0.05) is 34.1 Å². The molecular formula is C14H13BrN2O. The molecule has 0 saturated heterocycles. The summed E-state index contributed by atoms with van der Waals surface area (Å²) in [6, 6.07) is 13.2. The van der Waals surface area contributed by atoms with Gasteiger partial charge in [0.15, 0.2) is 0 Å². The van der Waals surface area contributed by atoms with Gasteiger partial charge in [0.25, 0.3) is 0 Å². The van der Waals surface area contributed by atoms with E-state index in [1.165, 1.54) is 6.21 Å². The van der Waals surface area contributed by atoms with E-state index in [0.29, 0.717) is 0 Å². The van der Waals surface area contributed by atoms with Crippen molar-refractivity contribution in [3.63, 3.8) is 0 Å². The minimum atomic E-state index is 0.0193. The Morgan fingerprint density at radius 1 is 1.22 bits per heavy atom. The molecule has 0 aliphatic carbocycles. The van der Waals surface area contributed by atoms with E-state index in [2.05, 4.69) is 21.2 Å². The first kappa shape index (κ1) is 12.8. The number of halogens is 1. The summed E-state index contributed by atoms with van der Waals surface area (Å²) in [6.07, 6.45) is 1.31. The summed E-state index contributed by atoms with van der Waals surface area (Å²) in [7, 11) is 0. The van der Waals surface area contributed by atoms with Gasteiger partial charge in [-0.3, -0.25) is 0 Å². The van der Waals surface area contributed by atoms with E-state index in [0.717, 1.165) is 27.0 Å². The lowest BCUT2D eigenvalue weighted by atomic mass is 10.1. The highest BCUT2D eigenvalue weighted by Crippen LogP contribution is 2.24. The molecule has 2 aromatic rings. The Morgan fingerprint density at radius 3 is 2.78 bits per heavy atom. The molecule has 0 radical (unpaired) electrons. The number of aliphatic hydroxyl groups is 1. The molecule has 0 atom stereocenters. The third kappa shape index (κ3) is 2.97. The van der Waals surface area contributed by atoms with Crippen LogP contribution in [0.2, 0.25) is 0 Å². The molecule has 0 aliphatic rings. The topological polar surface area (TPSA) is 56.1 Å². The maximum Gasteiger partial charge on any atom is 0.0682 e. The lowest BCUT2D eigenvalue weighted by Crippen LogP contribution is -1.96. The zero-order chi connectivity index (χ0) is 13.0. The van der Waals surface area contributed by atoms with Crippen molar-refractivity contribution in [2.45, 2.75) is 6.61 Å². The van der Waals surface area contributed by atoms with Crippen LogP contribution in [-0.2, 0) is 6.61 Å². The van der Waals surface area contributed by atoms with Crippen LogP contribution in [0.1, 0.15) is 11.1 Å². The molecule has 0 spiro atoms. The fourth-order valence-electron chi connectivity index (χ4n) is 1.67. The number of rotatable bonds is 4. The SMILES string of the molecule is N=Cc1ccc(Br)cc1Nc1cccc(CO)c1. The zero-order valence-corrected chi connectivity index (χ0v) is 11.2. The van der Waals surface area contributed by atoms with Crippen molar-refractivity contribution in [3.8, 4) is 0 Å². The van der Waals surface area contributed by atoms with Crippen molar-refractivity contribution in [2.24, 2.45) is 0 Å². The highest BCUT2D eigenvalue weighted by atomic mass is 79.9. The highest BCUT2D eigenvalue weighted by molar-refractivity contribution is 9.10. The quantitative estimate of drug-likeness (QED) is 0.755. The van der Waals surface area contributed by atoms with Gasteiger partial charge in [-0.15, -0.1) is 0 Å². The molecule has 2 rings (SSSR count). The Balaban J connectivity index is 2.32. The number of aliphatic hydroxyl groups excluding tert-OH is 1. The van der Waals surface area contributed by atoms with Crippen LogP contribution in [0.4, 0.5) is 11.4 Å². The molecule has 2 aromatic carbocycles. The van der Waals surface area contributed by atoms with Crippen molar-refractivity contribution in [1.82, 2.24) is 0 Å². The lowest BCUT2D eigenvalue weighted by molar-refractivity contribution is 0.282. The molecule has 3 N–H and O–H groups in total. The minimum Gasteiger partial charge on any atom is -0.392 e. The average molecular weight is 305 g/mol. The van der Waals surface area contributed by atoms with Gasteiger partial charge in [0.2, 0.25) is 0 Å². The Kier molecular flexibility index (Phi) is 4.12. The van der Waals surface area contributed by atoms with Crippen molar-refractivity contribution < 1.29 is 5.11 Å². The number of hydrogen-bond acceptors (Lipinski definition) is 3. The predicted octanol–water partition coefficient (Wildman–Crippen LogP) is 3.68. The largest absolute Gasteiger partial charge is 0.392 e. The van der Waals surface area contributed by atoms with Crippen molar-refractivity contribution >= 4 is 33.5 Å². The summed E-state index contributed by atoms with van der Waals surface area (Å²) in [4.78, 5) is 0.